The van der Waals surface area contributed by atoms with E-state index < -0.39 is 6.10 Å². The lowest BCUT2D eigenvalue weighted by Gasteiger charge is -2.13. The monoisotopic (exact) mass is 625 g/mol. The molecule has 0 saturated carbocycles. The first kappa shape index (κ1) is 34.8. The second-order valence-corrected chi connectivity index (χ2v) is 12.2. The van der Waals surface area contributed by atoms with Crippen molar-refractivity contribution in [2.24, 2.45) is 10.2 Å². The lowest BCUT2D eigenvalue weighted by atomic mass is 10.0. The topological polar surface area (TPSA) is 105 Å². The normalized spacial score (nSPS) is 12.1. The Morgan fingerprint density at radius 2 is 1.43 bits per heavy atom. The van der Waals surface area contributed by atoms with Crippen LogP contribution in [-0.2, 0) is 13.0 Å². The SMILES string of the molecule is CCCCCCCCCCCCCCCc1cccc(OCC(O)Cn2cc(-c3ccccc3N=Nc3ccc(O)cc3)nn2)c1. The first-order valence-corrected chi connectivity index (χ1v) is 17.2. The van der Waals surface area contributed by atoms with Crippen LogP contribution in [0.25, 0.3) is 11.3 Å². The summed E-state index contributed by atoms with van der Waals surface area (Å²) in [6.07, 6.45) is 19.8. The van der Waals surface area contributed by atoms with Gasteiger partial charge in [-0.2, -0.15) is 5.11 Å². The van der Waals surface area contributed by atoms with E-state index in [0.29, 0.717) is 17.1 Å². The number of hydrogen-bond acceptors (Lipinski definition) is 7. The molecule has 0 saturated heterocycles. The Bertz CT molecular complexity index is 1440. The molecule has 46 heavy (non-hydrogen) atoms. The van der Waals surface area contributed by atoms with Crippen LogP contribution in [0.2, 0.25) is 0 Å². The van der Waals surface area contributed by atoms with Gasteiger partial charge in [0.05, 0.1) is 24.1 Å². The van der Waals surface area contributed by atoms with Gasteiger partial charge in [-0.05, 0) is 60.9 Å². The number of ether oxygens (including phenoxy) is 1. The molecule has 0 spiro atoms. The third kappa shape index (κ3) is 12.8. The van der Waals surface area contributed by atoms with Gasteiger partial charge in [0, 0.05) is 5.56 Å². The molecular formula is C38H51N5O3. The molecule has 0 radical (unpaired) electrons. The number of aryl methyl sites for hydroxylation is 1. The van der Waals surface area contributed by atoms with Gasteiger partial charge in [0.1, 0.15) is 29.9 Å². The average molecular weight is 626 g/mol. The molecule has 0 aliphatic rings. The van der Waals surface area contributed by atoms with Gasteiger partial charge in [-0.1, -0.05) is 120 Å². The summed E-state index contributed by atoms with van der Waals surface area (Å²) in [7, 11) is 0. The number of phenolic OH excluding ortho intramolecular Hbond substituents is 1. The Morgan fingerprint density at radius 3 is 2.15 bits per heavy atom. The van der Waals surface area contributed by atoms with Gasteiger partial charge in [-0.3, -0.25) is 0 Å². The highest BCUT2D eigenvalue weighted by Gasteiger charge is 2.12. The molecule has 3 aromatic carbocycles. The number of benzene rings is 3. The van der Waals surface area contributed by atoms with E-state index in [2.05, 4.69) is 39.6 Å². The number of nitrogens with zero attached hydrogens (tertiary/aromatic N) is 5. The third-order valence-electron chi connectivity index (χ3n) is 8.15. The summed E-state index contributed by atoms with van der Waals surface area (Å²) >= 11 is 0. The fourth-order valence-corrected chi connectivity index (χ4v) is 5.52. The number of aromatic hydroxyl groups is 1. The molecule has 8 heteroatoms. The first-order chi connectivity index (χ1) is 22.6. The summed E-state index contributed by atoms with van der Waals surface area (Å²) in [5.74, 6) is 0.954. The highest BCUT2D eigenvalue weighted by molar-refractivity contribution is 5.72. The van der Waals surface area contributed by atoms with Crippen molar-refractivity contribution >= 4 is 11.4 Å². The fraction of sp³-hybridized carbons (Fsp3) is 0.474. The van der Waals surface area contributed by atoms with E-state index in [0.717, 1.165) is 17.7 Å². The fourth-order valence-electron chi connectivity index (χ4n) is 5.52. The van der Waals surface area contributed by atoms with Gasteiger partial charge in [0.2, 0.25) is 0 Å². The minimum atomic E-state index is -0.747. The number of unbranched alkanes of at least 4 members (excludes halogenated alkanes) is 12. The largest absolute Gasteiger partial charge is 0.508 e. The number of rotatable bonds is 22. The molecule has 0 amide bonds. The summed E-state index contributed by atoms with van der Waals surface area (Å²) < 4.78 is 7.55. The standard InChI is InChI=1S/C38H51N5O3/c1-2-3-4-5-6-7-8-9-10-11-12-13-14-18-31-19-17-20-35(27-31)46-30-34(45)28-43-29-38(41-42-43)36-21-15-16-22-37(36)40-39-32-23-25-33(44)26-24-32/h15-17,19-27,29,34,44-45H,2-14,18,28,30H2,1H3. The molecule has 1 aromatic heterocycles. The van der Waals surface area contributed by atoms with E-state index in [9.17, 15) is 10.2 Å². The highest BCUT2D eigenvalue weighted by Crippen LogP contribution is 2.30. The van der Waals surface area contributed by atoms with Crippen molar-refractivity contribution in [1.82, 2.24) is 15.0 Å². The van der Waals surface area contributed by atoms with Crippen molar-refractivity contribution in [2.45, 2.75) is 109 Å². The maximum Gasteiger partial charge on any atom is 0.119 e. The molecule has 1 unspecified atom stereocenters. The maximum atomic E-state index is 10.7. The van der Waals surface area contributed by atoms with E-state index in [1.165, 1.54) is 89.0 Å². The van der Waals surface area contributed by atoms with E-state index >= 15 is 0 Å². The number of phenols is 1. The Balaban J connectivity index is 1.14. The van der Waals surface area contributed by atoms with Crippen LogP contribution in [0.1, 0.15) is 96.0 Å². The van der Waals surface area contributed by atoms with Crippen LogP contribution in [-0.4, -0.2) is 37.9 Å². The van der Waals surface area contributed by atoms with Crippen LogP contribution in [0.4, 0.5) is 11.4 Å². The van der Waals surface area contributed by atoms with Gasteiger partial charge in [-0.15, -0.1) is 10.2 Å². The van der Waals surface area contributed by atoms with E-state index in [4.69, 9.17) is 4.74 Å². The summed E-state index contributed by atoms with van der Waals surface area (Å²) in [6, 6.07) is 22.3. The number of azo groups is 1. The molecule has 4 aromatic rings. The minimum absolute atomic E-state index is 0.162. The van der Waals surface area contributed by atoms with Crippen molar-refractivity contribution < 1.29 is 14.9 Å². The Morgan fingerprint density at radius 1 is 0.761 bits per heavy atom. The van der Waals surface area contributed by atoms with Crippen LogP contribution >= 0.6 is 0 Å². The Kier molecular flexibility index (Phi) is 15.3. The van der Waals surface area contributed by atoms with Crippen LogP contribution in [0.3, 0.4) is 0 Å². The maximum absolute atomic E-state index is 10.7. The van der Waals surface area contributed by atoms with Gasteiger partial charge in [0.15, 0.2) is 0 Å². The van der Waals surface area contributed by atoms with Crippen LogP contribution in [0.5, 0.6) is 11.5 Å². The first-order valence-electron chi connectivity index (χ1n) is 17.2. The predicted octanol–water partition coefficient (Wildman–Crippen LogP) is 10.1. The molecule has 1 atom stereocenters. The quantitative estimate of drug-likeness (QED) is 0.0668. The van der Waals surface area contributed by atoms with Crippen LogP contribution in [0, 0.1) is 0 Å². The Hall–Kier alpha value is -4.04. The number of aliphatic hydroxyl groups is 1. The average Bonchev–Trinajstić information content (AvgIpc) is 3.54. The molecule has 1 heterocycles. The molecule has 0 fully saturated rings. The van der Waals surface area contributed by atoms with Crippen LogP contribution < -0.4 is 4.74 Å². The van der Waals surface area contributed by atoms with Gasteiger partial charge in [0.25, 0.3) is 0 Å². The van der Waals surface area contributed by atoms with Gasteiger partial charge in [-0.25, -0.2) is 4.68 Å². The molecule has 0 aliphatic carbocycles. The zero-order valence-corrected chi connectivity index (χ0v) is 27.4. The van der Waals surface area contributed by atoms with Crippen molar-refractivity contribution in [3.05, 3.63) is 84.6 Å². The lowest BCUT2D eigenvalue weighted by molar-refractivity contribution is 0.0888. The minimum Gasteiger partial charge on any atom is -0.508 e. The van der Waals surface area contributed by atoms with Crippen LogP contribution in [0.15, 0.2) is 89.2 Å². The summed E-state index contributed by atoms with van der Waals surface area (Å²) in [5, 5.41) is 37.3. The number of aromatic nitrogens is 3. The molecular weight excluding hydrogens is 574 g/mol. The van der Waals surface area contributed by atoms with Crippen molar-refractivity contribution in [3.63, 3.8) is 0 Å². The van der Waals surface area contributed by atoms with Crippen molar-refractivity contribution in [1.29, 1.82) is 0 Å². The molecule has 0 aliphatic heterocycles. The third-order valence-corrected chi connectivity index (χ3v) is 8.15. The number of aliphatic hydroxyl groups excluding tert-OH is 1. The summed E-state index contributed by atoms with van der Waals surface area (Å²) in [6.45, 7) is 2.69. The molecule has 2 N–H and O–H groups in total. The van der Waals surface area contributed by atoms with E-state index in [1.807, 2.05) is 36.4 Å². The Labute approximate surface area is 274 Å². The lowest BCUT2D eigenvalue weighted by Crippen LogP contribution is -2.24. The predicted molar refractivity (Wildman–Crippen MR) is 185 cm³/mol. The molecule has 0 bridgehead atoms. The van der Waals surface area contributed by atoms with Crippen molar-refractivity contribution in [3.8, 4) is 22.8 Å². The summed E-state index contributed by atoms with van der Waals surface area (Å²) in [5.41, 5.74) is 3.96. The smallest absolute Gasteiger partial charge is 0.119 e. The molecule has 4 rings (SSSR count). The van der Waals surface area contributed by atoms with Crippen molar-refractivity contribution in [2.75, 3.05) is 6.61 Å². The molecule has 8 nitrogen and oxygen atoms in total. The van der Waals surface area contributed by atoms with Gasteiger partial charge >= 0.3 is 0 Å². The van der Waals surface area contributed by atoms with E-state index in [-0.39, 0.29) is 18.9 Å². The summed E-state index contributed by atoms with van der Waals surface area (Å²) in [4.78, 5) is 0. The second kappa shape index (κ2) is 20.2. The van der Waals surface area contributed by atoms with Gasteiger partial charge < -0.3 is 14.9 Å². The second-order valence-electron chi connectivity index (χ2n) is 12.2. The molecule has 246 valence electrons. The highest BCUT2D eigenvalue weighted by atomic mass is 16.5. The zero-order chi connectivity index (χ0) is 32.2. The number of hydrogen-bond donors (Lipinski definition) is 2. The van der Waals surface area contributed by atoms with E-state index in [1.54, 1.807) is 35.1 Å². The zero-order valence-electron chi connectivity index (χ0n) is 27.4.